The number of fused-ring (bicyclic) bond motifs is 2. The summed E-state index contributed by atoms with van der Waals surface area (Å²) in [6.07, 6.45) is 9.54. The third-order valence-corrected chi connectivity index (χ3v) is 5.55. The molecular weight excluding hydrogens is 298 g/mol. The smallest absolute Gasteiger partial charge is 0.0175 e. The van der Waals surface area contributed by atoms with Crippen molar-refractivity contribution in [1.29, 1.82) is 0 Å². The fourth-order valence-corrected chi connectivity index (χ4v) is 4.70. The Hall–Kier alpha value is -0.340. The van der Waals surface area contributed by atoms with Gasteiger partial charge >= 0.3 is 0 Å². The van der Waals surface area contributed by atoms with Gasteiger partial charge in [0.25, 0.3) is 0 Å². The number of piperidine rings is 1. The van der Waals surface area contributed by atoms with Gasteiger partial charge in [-0.05, 0) is 57.1 Å². The van der Waals surface area contributed by atoms with Crippen LogP contribution in [0.25, 0.3) is 0 Å². The Morgan fingerprint density at radius 1 is 1.00 bits per heavy atom. The highest BCUT2D eigenvalue weighted by molar-refractivity contribution is 9.09. The number of halogens is 1. The van der Waals surface area contributed by atoms with Gasteiger partial charge in [0.2, 0.25) is 0 Å². The summed E-state index contributed by atoms with van der Waals surface area (Å²) in [4.78, 5) is 3.59. The molecule has 1 aromatic rings. The van der Waals surface area contributed by atoms with Crippen molar-refractivity contribution in [3.8, 4) is 0 Å². The lowest BCUT2D eigenvalue weighted by Crippen LogP contribution is -2.43. The molecule has 2 bridgehead atoms. The van der Waals surface area contributed by atoms with E-state index in [4.69, 9.17) is 0 Å². The van der Waals surface area contributed by atoms with Gasteiger partial charge in [0.1, 0.15) is 0 Å². The Balaban J connectivity index is 1.41. The summed E-state index contributed by atoms with van der Waals surface area (Å²) in [5.41, 5.74) is 1.49. The summed E-state index contributed by atoms with van der Waals surface area (Å²) in [5, 5.41) is 0. The summed E-state index contributed by atoms with van der Waals surface area (Å²) in [5.74, 6) is 0. The van der Waals surface area contributed by atoms with E-state index in [9.17, 15) is 0 Å². The van der Waals surface area contributed by atoms with E-state index in [0.29, 0.717) is 0 Å². The summed E-state index contributed by atoms with van der Waals surface area (Å²) < 4.78 is 0. The molecule has 19 heavy (non-hydrogen) atoms. The molecular formula is C17H24BrN. The first-order valence-corrected chi connectivity index (χ1v) is 8.68. The molecule has 2 unspecified atom stereocenters. The van der Waals surface area contributed by atoms with Gasteiger partial charge in [-0.25, -0.2) is 0 Å². The average molecular weight is 322 g/mol. The van der Waals surface area contributed by atoms with Gasteiger partial charge in [-0.1, -0.05) is 46.3 Å². The van der Waals surface area contributed by atoms with Crippen LogP contribution in [-0.2, 0) is 6.42 Å². The van der Waals surface area contributed by atoms with Gasteiger partial charge in [0.05, 0.1) is 0 Å². The molecule has 2 aliphatic rings. The number of alkyl halides is 1. The van der Waals surface area contributed by atoms with Crippen LogP contribution in [0.15, 0.2) is 30.3 Å². The first-order valence-electron chi connectivity index (χ1n) is 7.76. The zero-order valence-electron chi connectivity index (χ0n) is 11.6. The van der Waals surface area contributed by atoms with E-state index < -0.39 is 0 Å². The Kier molecular flexibility index (Phi) is 4.60. The van der Waals surface area contributed by atoms with Crippen molar-refractivity contribution in [3.05, 3.63) is 35.9 Å². The molecule has 0 spiro atoms. The Bertz CT molecular complexity index is 378. The van der Waals surface area contributed by atoms with Crippen LogP contribution in [0.1, 0.15) is 44.1 Å². The van der Waals surface area contributed by atoms with E-state index in [1.807, 2.05) is 0 Å². The van der Waals surface area contributed by atoms with Crippen molar-refractivity contribution in [3.63, 3.8) is 0 Å². The molecule has 2 heteroatoms. The minimum absolute atomic E-state index is 0.783. The molecule has 2 fully saturated rings. The lowest BCUT2D eigenvalue weighted by atomic mass is 10.0. The Morgan fingerprint density at radius 3 is 2.37 bits per heavy atom. The summed E-state index contributed by atoms with van der Waals surface area (Å²) in [6.45, 7) is 1.32. The van der Waals surface area contributed by atoms with E-state index in [0.717, 1.165) is 16.9 Å². The Labute approximate surface area is 125 Å². The second-order valence-corrected chi connectivity index (χ2v) is 7.43. The molecule has 1 nitrogen and oxygen atoms in total. The summed E-state index contributed by atoms with van der Waals surface area (Å²) >= 11 is 3.82. The van der Waals surface area contributed by atoms with Gasteiger partial charge in [-0.15, -0.1) is 0 Å². The molecule has 3 rings (SSSR count). The molecule has 2 aliphatic heterocycles. The fourth-order valence-electron chi connectivity index (χ4n) is 3.84. The molecule has 0 radical (unpaired) electrons. The van der Waals surface area contributed by atoms with Gasteiger partial charge in [0, 0.05) is 16.9 Å². The molecule has 2 saturated heterocycles. The number of hydrogen-bond acceptors (Lipinski definition) is 1. The normalized spacial score (nSPS) is 30.7. The predicted octanol–water partition coefficient (Wildman–Crippen LogP) is 4.40. The lowest BCUT2D eigenvalue weighted by Gasteiger charge is -2.37. The molecule has 0 aliphatic carbocycles. The lowest BCUT2D eigenvalue weighted by molar-refractivity contribution is 0.143. The zero-order valence-corrected chi connectivity index (χ0v) is 13.2. The van der Waals surface area contributed by atoms with Gasteiger partial charge in [-0.3, -0.25) is 4.90 Å². The van der Waals surface area contributed by atoms with E-state index in [-0.39, 0.29) is 0 Å². The maximum absolute atomic E-state index is 3.82. The van der Waals surface area contributed by atoms with Crippen LogP contribution < -0.4 is 0 Å². The van der Waals surface area contributed by atoms with Crippen molar-refractivity contribution in [2.75, 3.05) is 6.54 Å². The molecule has 104 valence electrons. The highest BCUT2D eigenvalue weighted by Crippen LogP contribution is 2.38. The third kappa shape index (κ3) is 3.41. The van der Waals surface area contributed by atoms with Crippen LogP contribution in [0.2, 0.25) is 0 Å². The highest BCUT2D eigenvalue weighted by Gasteiger charge is 2.39. The summed E-state index contributed by atoms with van der Waals surface area (Å²) in [6, 6.07) is 12.7. The number of hydrogen-bond donors (Lipinski definition) is 0. The maximum Gasteiger partial charge on any atom is 0.0175 e. The van der Waals surface area contributed by atoms with Crippen molar-refractivity contribution >= 4 is 15.9 Å². The largest absolute Gasteiger partial charge is 0.297 e. The SMILES string of the molecule is BrC1CC2CCC(C1)N2CCCCc1ccccc1. The topological polar surface area (TPSA) is 3.24 Å². The van der Waals surface area contributed by atoms with Crippen LogP contribution in [-0.4, -0.2) is 28.4 Å². The van der Waals surface area contributed by atoms with Crippen LogP contribution in [0, 0.1) is 0 Å². The van der Waals surface area contributed by atoms with Crippen molar-refractivity contribution in [2.45, 2.75) is 61.9 Å². The van der Waals surface area contributed by atoms with Gasteiger partial charge in [-0.2, -0.15) is 0 Å². The monoisotopic (exact) mass is 321 g/mol. The molecule has 0 saturated carbocycles. The van der Waals surface area contributed by atoms with Crippen LogP contribution in [0.3, 0.4) is 0 Å². The fraction of sp³-hybridized carbons (Fsp3) is 0.647. The number of rotatable bonds is 5. The number of aryl methyl sites for hydroxylation is 1. The molecule has 2 atom stereocenters. The van der Waals surface area contributed by atoms with E-state index in [1.54, 1.807) is 0 Å². The second kappa shape index (κ2) is 6.41. The number of unbranched alkanes of at least 4 members (excludes halogenated alkanes) is 1. The van der Waals surface area contributed by atoms with Crippen LogP contribution >= 0.6 is 15.9 Å². The second-order valence-electron chi connectivity index (χ2n) is 6.13. The highest BCUT2D eigenvalue weighted by atomic mass is 79.9. The van der Waals surface area contributed by atoms with Crippen LogP contribution in [0.4, 0.5) is 0 Å². The molecule has 0 amide bonds. The number of benzene rings is 1. The first-order chi connectivity index (χ1) is 9.33. The molecule has 2 heterocycles. The van der Waals surface area contributed by atoms with Crippen LogP contribution in [0.5, 0.6) is 0 Å². The quantitative estimate of drug-likeness (QED) is 0.574. The standard InChI is InChI=1S/C17H24BrN/c18-15-12-16-9-10-17(13-15)19(16)11-5-4-8-14-6-2-1-3-7-14/h1-3,6-7,15-17H,4-5,8-13H2. The predicted molar refractivity (Wildman–Crippen MR) is 84.8 cm³/mol. The van der Waals surface area contributed by atoms with Crippen molar-refractivity contribution in [1.82, 2.24) is 4.90 Å². The Morgan fingerprint density at radius 2 is 1.68 bits per heavy atom. The maximum atomic E-state index is 3.82. The molecule has 0 aromatic heterocycles. The first kappa shape index (κ1) is 13.6. The van der Waals surface area contributed by atoms with E-state index in [2.05, 4.69) is 51.2 Å². The molecule has 1 aromatic carbocycles. The number of nitrogens with zero attached hydrogens (tertiary/aromatic N) is 1. The zero-order chi connectivity index (χ0) is 13.1. The molecule has 0 N–H and O–H groups in total. The van der Waals surface area contributed by atoms with E-state index in [1.165, 1.54) is 57.1 Å². The van der Waals surface area contributed by atoms with Crippen molar-refractivity contribution < 1.29 is 0 Å². The minimum Gasteiger partial charge on any atom is -0.297 e. The van der Waals surface area contributed by atoms with E-state index >= 15 is 0 Å². The average Bonchev–Trinajstić information content (AvgIpc) is 2.67. The minimum atomic E-state index is 0.783. The van der Waals surface area contributed by atoms with Gasteiger partial charge < -0.3 is 0 Å². The van der Waals surface area contributed by atoms with Gasteiger partial charge in [0.15, 0.2) is 0 Å². The van der Waals surface area contributed by atoms with Crippen molar-refractivity contribution in [2.24, 2.45) is 0 Å². The summed E-state index contributed by atoms with van der Waals surface area (Å²) in [7, 11) is 0. The third-order valence-electron chi connectivity index (χ3n) is 4.80.